The Balaban J connectivity index is 2.68. The molecule has 0 bridgehead atoms. The standard InChI is InChI=1S/C8H8O4S4/c1-11-7(9)5-3-13-14-4-6(16-15-5)8(10)12-2/h3-4H,1-2H3/b5-3-,6-4-. The van der Waals surface area contributed by atoms with Gasteiger partial charge in [-0.2, -0.15) is 0 Å². The van der Waals surface area contributed by atoms with Crippen LogP contribution in [0.25, 0.3) is 0 Å². The average molecular weight is 296 g/mol. The van der Waals surface area contributed by atoms with Gasteiger partial charge in [0.1, 0.15) is 9.81 Å². The zero-order chi connectivity index (χ0) is 12.0. The third-order valence-corrected chi connectivity index (χ3v) is 5.68. The van der Waals surface area contributed by atoms with Crippen LogP contribution in [0.15, 0.2) is 20.6 Å². The van der Waals surface area contributed by atoms with Crippen LogP contribution < -0.4 is 0 Å². The van der Waals surface area contributed by atoms with Gasteiger partial charge >= 0.3 is 11.9 Å². The first-order chi connectivity index (χ1) is 7.69. The molecule has 0 radical (unpaired) electrons. The molecule has 16 heavy (non-hydrogen) atoms. The van der Waals surface area contributed by atoms with E-state index >= 15 is 0 Å². The highest BCUT2D eigenvalue weighted by Crippen LogP contribution is 2.44. The first-order valence-electron chi connectivity index (χ1n) is 3.92. The minimum Gasteiger partial charge on any atom is -0.465 e. The lowest BCUT2D eigenvalue weighted by Gasteiger charge is -2.08. The van der Waals surface area contributed by atoms with Crippen molar-refractivity contribution in [2.75, 3.05) is 14.2 Å². The molecular formula is C8H8O4S4. The highest BCUT2D eigenvalue weighted by atomic mass is 33.1. The summed E-state index contributed by atoms with van der Waals surface area (Å²) in [6, 6.07) is 0. The number of hydrogen-bond acceptors (Lipinski definition) is 8. The second-order valence-electron chi connectivity index (χ2n) is 2.31. The second kappa shape index (κ2) is 7.21. The lowest BCUT2D eigenvalue weighted by Crippen LogP contribution is -2.03. The molecule has 0 spiro atoms. The Bertz CT molecular complexity index is 316. The van der Waals surface area contributed by atoms with E-state index in [0.29, 0.717) is 9.81 Å². The van der Waals surface area contributed by atoms with Crippen LogP contribution in [0.3, 0.4) is 0 Å². The summed E-state index contributed by atoms with van der Waals surface area (Å²) in [6.45, 7) is 0. The fourth-order valence-corrected chi connectivity index (χ4v) is 5.13. The molecule has 88 valence electrons. The van der Waals surface area contributed by atoms with Gasteiger partial charge in [-0.25, -0.2) is 9.59 Å². The first-order valence-corrected chi connectivity index (χ1v) is 8.35. The van der Waals surface area contributed by atoms with E-state index in [4.69, 9.17) is 0 Å². The van der Waals surface area contributed by atoms with Crippen LogP contribution in [0.1, 0.15) is 0 Å². The maximum atomic E-state index is 11.3. The van der Waals surface area contributed by atoms with Crippen LogP contribution >= 0.6 is 43.2 Å². The van der Waals surface area contributed by atoms with Gasteiger partial charge in [0.15, 0.2) is 0 Å². The molecule has 0 aromatic rings. The van der Waals surface area contributed by atoms with Gasteiger partial charge in [0.2, 0.25) is 0 Å². The van der Waals surface area contributed by atoms with Crippen molar-refractivity contribution in [1.29, 1.82) is 0 Å². The predicted octanol–water partition coefficient (Wildman–Crippen LogP) is 2.79. The average Bonchev–Trinajstić information content (AvgIpc) is 2.27. The molecular weight excluding hydrogens is 288 g/mol. The van der Waals surface area contributed by atoms with Gasteiger partial charge in [0.25, 0.3) is 0 Å². The van der Waals surface area contributed by atoms with Crippen LogP contribution in [-0.2, 0) is 19.1 Å². The molecule has 0 aromatic carbocycles. The third kappa shape index (κ3) is 4.00. The molecule has 0 atom stereocenters. The second-order valence-corrected chi connectivity index (χ2v) is 6.53. The van der Waals surface area contributed by atoms with Crippen LogP contribution in [0.2, 0.25) is 0 Å². The molecule has 0 unspecified atom stereocenters. The van der Waals surface area contributed by atoms with Crippen molar-refractivity contribution < 1.29 is 19.1 Å². The summed E-state index contributed by atoms with van der Waals surface area (Å²) in [5.41, 5.74) is 0. The highest BCUT2D eigenvalue weighted by Gasteiger charge is 2.18. The van der Waals surface area contributed by atoms with Crippen molar-refractivity contribution in [2.24, 2.45) is 0 Å². The van der Waals surface area contributed by atoms with Crippen LogP contribution in [0.4, 0.5) is 0 Å². The smallest absolute Gasteiger partial charge is 0.345 e. The van der Waals surface area contributed by atoms with Crippen molar-refractivity contribution in [3.8, 4) is 0 Å². The van der Waals surface area contributed by atoms with Gasteiger partial charge in [-0.1, -0.05) is 21.6 Å². The topological polar surface area (TPSA) is 52.6 Å². The van der Waals surface area contributed by atoms with Crippen molar-refractivity contribution >= 4 is 55.1 Å². The van der Waals surface area contributed by atoms with Gasteiger partial charge in [0.05, 0.1) is 14.2 Å². The molecule has 1 aliphatic rings. The zero-order valence-corrected chi connectivity index (χ0v) is 11.7. The molecule has 0 N–H and O–H groups in total. The predicted molar refractivity (Wildman–Crippen MR) is 70.6 cm³/mol. The van der Waals surface area contributed by atoms with Crippen molar-refractivity contribution in [1.82, 2.24) is 0 Å². The Hall–Kier alpha value is -0.180. The Kier molecular flexibility index (Phi) is 6.25. The molecule has 0 aromatic heterocycles. The van der Waals surface area contributed by atoms with Crippen LogP contribution in [-0.4, -0.2) is 26.2 Å². The minimum absolute atomic E-state index is 0.406. The number of carbonyl (C=O) groups excluding carboxylic acids is 2. The van der Waals surface area contributed by atoms with Crippen LogP contribution in [0.5, 0.6) is 0 Å². The van der Waals surface area contributed by atoms with E-state index in [1.54, 1.807) is 10.8 Å². The van der Waals surface area contributed by atoms with Gasteiger partial charge < -0.3 is 9.47 Å². The van der Waals surface area contributed by atoms with E-state index in [9.17, 15) is 9.59 Å². The van der Waals surface area contributed by atoms with Crippen molar-refractivity contribution in [2.45, 2.75) is 0 Å². The molecule has 0 saturated carbocycles. The summed E-state index contributed by atoms with van der Waals surface area (Å²) in [4.78, 5) is 23.5. The van der Waals surface area contributed by atoms with Gasteiger partial charge in [-0.05, 0) is 21.6 Å². The number of carbonyl (C=O) groups is 2. The molecule has 1 aliphatic heterocycles. The number of esters is 2. The van der Waals surface area contributed by atoms with E-state index < -0.39 is 11.9 Å². The molecule has 0 saturated heterocycles. The number of rotatable bonds is 2. The SMILES string of the molecule is COC(=O)/C1=C/SS/C=C(/C(=O)OC)SS1. The lowest BCUT2D eigenvalue weighted by atomic mass is 10.6. The first kappa shape index (κ1) is 13.9. The van der Waals surface area contributed by atoms with E-state index in [2.05, 4.69) is 9.47 Å². The summed E-state index contributed by atoms with van der Waals surface area (Å²) in [6.07, 6.45) is 0. The third-order valence-electron chi connectivity index (χ3n) is 1.36. The number of methoxy groups -OCH3 is 2. The molecule has 0 amide bonds. The summed E-state index contributed by atoms with van der Waals surface area (Å²) in [5, 5.41) is 3.39. The highest BCUT2D eigenvalue weighted by molar-refractivity contribution is 8.82. The summed E-state index contributed by atoms with van der Waals surface area (Å²) in [5.74, 6) is -0.812. The molecule has 8 heteroatoms. The minimum atomic E-state index is -0.406. The molecule has 0 fully saturated rings. The zero-order valence-electron chi connectivity index (χ0n) is 8.42. The number of hydrogen-bond donors (Lipinski definition) is 0. The maximum Gasteiger partial charge on any atom is 0.345 e. The normalized spacial score (nSPS) is 22.9. The molecule has 1 rings (SSSR count). The molecule has 0 aliphatic carbocycles. The van der Waals surface area contributed by atoms with E-state index in [-0.39, 0.29) is 0 Å². The summed E-state index contributed by atoms with van der Waals surface area (Å²) < 4.78 is 9.22. The lowest BCUT2D eigenvalue weighted by molar-refractivity contribution is -0.136. The number of ether oxygens (including phenoxy) is 2. The van der Waals surface area contributed by atoms with Gasteiger partial charge in [-0.15, -0.1) is 0 Å². The quantitative estimate of drug-likeness (QED) is 0.569. The fraction of sp³-hybridized carbons (Fsp3) is 0.250. The summed E-state index contributed by atoms with van der Waals surface area (Å²) in [7, 11) is 7.70. The van der Waals surface area contributed by atoms with E-state index in [1.807, 2.05) is 0 Å². The Labute approximate surface area is 109 Å². The Morgan fingerprint density at radius 2 is 1.31 bits per heavy atom. The largest absolute Gasteiger partial charge is 0.465 e. The van der Waals surface area contributed by atoms with Gasteiger partial charge in [-0.3, -0.25) is 0 Å². The van der Waals surface area contributed by atoms with Gasteiger partial charge in [0, 0.05) is 10.8 Å². The fourth-order valence-electron chi connectivity index (χ4n) is 0.637. The molecule has 4 nitrogen and oxygen atoms in total. The molecule has 1 heterocycles. The maximum absolute atomic E-state index is 11.3. The van der Waals surface area contributed by atoms with Crippen molar-refractivity contribution in [3.63, 3.8) is 0 Å². The Morgan fingerprint density at radius 1 is 0.938 bits per heavy atom. The van der Waals surface area contributed by atoms with E-state index in [0.717, 1.165) is 0 Å². The Morgan fingerprint density at radius 3 is 1.62 bits per heavy atom. The van der Waals surface area contributed by atoms with Crippen molar-refractivity contribution in [3.05, 3.63) is 20.6 Å². The van der Waals surface area contributed by atoms with Crippen LogP contribution in [0, 0.1) is 0 Å². The monoisotopic (exact) mass is 296 g/mol. The summed E-state index contributed by atoms with van der Waals surface area (Å²) >= 11 is 0. The van der Waals surface area contributed by atoms with E-state index in [1.165, 1.54) is 57.4 Å².